The Bertz CT molecular complexity index is 1520. The van der Waals surface area contributed by atoms with Gasteiger partial charge in [0.15, 0.2) is 0 Å². The summed E-state index contributed by atoms with van der Waals surface area (Å²) in [4.78, 5) is 34.7. The monoisotopic (exact) mass is 535 g/mol. The van der Waals surface area contributed by atoms with Crippen LogP contribution in [0.4, 0.5) is 10.5 Å². The Morgan fingerprint density at radius 2 is 1.68 bits per heavy atom. The number of carbonyl (C=O) groups excluding carboxylic acids is 2. The van der Waals surface area contributed by atoms with Crippen molar-refractivity contribution in [2.75, 3.05) is 18.0 Å². The number of fused-ring (bicyclic) bond motifs is 1. The molecule has 1 fully saturated rings. The first kappa shape index (κ1) is 27.4. The summed E-state index contributed by atoms with van der Waals surface area (Å²) >= 11 is 0. The average molecular weight is 536 g/mol. The number of ether oxygens (including phenoxy) is 1. The Morgan fingerprint density at radius 3 is 2.40 bits per heavy atom. The van der Waals surface area contributed by atoms with E-state index in [1.807, 2.05) is 43.9 Å². The molecule has 40 heavy (non-hydrogen) atoms. The SMILES string of the molecule is Cc1cccc(C2CCN(C(=O)c3cncc(N(Cc4ccc5ccccc5c4)C(=O)OC(C)(C)C)c3)CC2)c1. The number of amides is 2. The maximum atomic E-state index is 13.5. The van der Waals surface area contributed by atoms with E-state index in [1.54, 1.807) is 23.4 Å². The van der Waals surface area contributed by atoms with Crippen LogP contribution in [0.3, 0.4) is 0 Å². The second-order valence-electron chi connectivity index (χ2n) is 11.7. The number of carbonyl (C=O) groups is 2. The molecule has 6 nitrogen and oxygen atoms in total. The molecule has 1 saturated heterocycles. The largest absolute Gasteiger partial charge is 0.443 e. The lowest BCUT2D eigenvalue weighted by atomic mass is 9.88. The number of likely N-dealkylation sites (tertiary alicyclic amines) is 1. The molecule has 2 heterocycles. The first-order chi connectivity index (χ1) is 19.2. The van der Waals surface area contributed by atoms with E-state index in [-0.39, 0.29) is 5.91 Å². The fraction of sp³-hybridized carbons (Fsp3) is 0.324. The number of rotatable bonds is 5. The van der Waals surface area contributed by atoms with Gasteiger partial charge in [-0.1, -0.05) is 66.2 Å². The number of piperidine rings is 1. The molecule has 4 aromatic rings. The number of hydrogen-bond acceptors (Lipinski definition) is 4. The molecule has 0 atom stereocenters. The highest BCUT2D eigenvalue weighted by molar-refractivity contribution is 5.96. The van der Waals surface area contributed by atoms with E-state index >= 15 is 0 Å². The molecule has 0 N–H and O–H groups in total. The summed E-state index contributed by atoms with van der Waals surface area (Å²) < 4.78 is 5.76. The Kier molecular flexibility index (Phi) is 7.88. The molecule has 0 radical (unpaired) electrons. The van der Waals surface area contributed by atoms with Gasteiger partial charge in [-0.05, 0) is 80.5 Å². The predicted molar refractivity (Wildman–Crippen MR) is 160 cm³/mol. The zero-order valence-corrected chi connectivity index (χ0v) is 23.8. The Morgan fingerprint density at radius 1 is 0.925 bits per heavy atom. The van der Waals surface area contributed by atoms with Crippen molar-refractivity contribution in [1.29, 1.82) is 0 Å². The molecule has 1 aliphatic heterocycles. The van der Waals surface area contributed by atoms with E-state index in [0.717, 1.165) is 29.2 Å². The molecule has 2 amide bonds. The van der Waals surface area contributed by atoms with Crippen molar-refractivity contribution in [3.8, 4) is 0 Å². The van der Waals surface area contributed by atoms with Crippen LogP contribution in [0.15, 0.2) is 85.2 Å². The van der Waals surface area contributed by atoms with Gasteiger partial charge in [-0.3, -0.25) is 14.7 Å². The van der Waals surface area contributed by atoms with Gasteiger partial charge < -0.3 is 9.64 Å². The van der Waals surface area contributed by atoms with Crippen molar-refractivity contribution in [2.24, 2.45) is 0 Å². The summed E-state index contributed by atoms with van der Waals surface area (Å²) in [5, 5.41) is 2.23. The van der Waals surface area contributed by atoms with Crippen LogP contribution in [0.5, 0.6) is 0 Å². The number of hydrogen-bond donors (Lipinski definition) is 0. The molecule has 0 spiro atoms. The second kappa shape index (κ2) is 11.5. The van der Waals surface area contributed by atoms with Crippen LogP contribution < -0.4 is 4.90 Å². The highest BCUT2D eigenvalue weighted by Crippen LogP contribution is 2.30. The number of aromatic nitrogens is 1. The summed E-state index contributed by atoms with van der Waals surface area (Å²) in [5.74, 6) is 0.393. The van der Waals surface area contributed by atoms with Crippen molar-refractivity contribution in [3.05, 3.63) is 107 Å². The molecular weight excluding hydrogens is 498 g/mol. The van der Waals surface area contributed by atoms with E-state index in [1.165, 1.54) is 11.1 Å². The molecule has 3 aromatic carbocycles. The van der Waals surface area contributed by atoms with Crippen LogP contribution >= 0.6 is 0 Å². The van der Waals surface area contributed by atoms with Crippen LogP contribution in [0.25, 0.3) is 10.8 Å². The molecule has 5 rings (SSSR count). The smallest absolute Gasteiger partial charge is 0.415 e. The van der Waals surface area contributed by atoms with Gasteiger partial charge in [0.1, 0.15) is 5.60 Å². The fourth-order valence-corrected chi connectivity index (χ4v) is 5.31. The normalized spacial score (nSPS) is 14.2. The van der Waals surface area contributed by atoms with E-state index in [2.05, 4.69) is 60.4 Å². The van der Waals surface area contributed by atoms with Crippen LogP contribution in [0, 0.1) is 6.92 Å². The molecule has 1 aliphatic rings. The molecule has 0 bridgehead atoms. The maximum Gasteiger partial charge on any atom is 0.415 e. The maximum absolute atomic E-state index is 13.5. The minimum absolute atomic E-state index is 0.0631. The van der Waals surface area contributed by atoms with E-state index in [4.69, 9.17) is 4.74 Å². The third-order valence-electron chi connectivity index (χ3n) is 7.35. The number of aryl methyl sites for hydroxylation is 1. The number of nitrogens with zero attached hydrogens (tertiary/aromatic N) is 3. The first-order valence-electron chi connectivity index (χ1n) is 14.0. The van der Waals surface area contributed by atoms with Crippen LogP contribution in [0.1, 0.15) is 66.6 Å². The van der Waals surface area contributed by atoms with E-state index in [9.17, 15) is 9.59 Å². The van der Waals surface area contributed by atoms with Gasteiger partial charge in [0, 0.05) is 19.3 Å². The van der Waals surface area contributed by atoms with Crippen LogP contribution in [-0.4, -0.2) is 40.6 Å². The third-order valence-corrected chi connectivity index (χ3v) is 7.35. The average Bonchev–Trinajstić information content (AvgIpc) is 2.94. The highest BCUT2D eigenvalue weighted by atomic mass is 16.6. The molecule has 0 aliphatic carbocycles. The summed E-state index contributed by atoms with van der Waals surface area (Å²) in [6, 6.07) is 24.7. The number of pyridine rings is 1. The summed E-state index contributed by atoms with van der Waals surface area (Å²) in [6.07, 6.45) is 4.57. The lowest BCUT2D eigenvalue weighted by Gasteiger charge is -2.32. The molecule has 206 valence electrons. The van der Waals surface area contributed by atoms with Crippen molar-refractivity contribution < 1.29 is 14.3 Å². The quantitative estimate of drug-likeness (QED) is 0.265. The zero-order chi connectivity index (χ0) is 28.3. The zero-order valence-electron chi connectivity index (χ0n) is 23.8. The van der Waals surface area contributed by atoms with Gasteiger partial charge in [0.25, 0.3) is 5.91 Å². The van der Waals surface area contributed by atoms with E-state index < -0.39 is 11.7 Å². The van der Waals surface area contributed by atoms with Gasteiger partial charge in [-0.15, -0.1) is 0 Å². The molecule has 0 saturated carbocycles. The minimum Gasteiger partial charge on any atom is -0.443 e. The Hall–Kier alpha value is -4.19. The summed E-state index contributed by atoms with van der Waals surface area (Å²) in [7, 11) is 0. The van der Waals surface area contributed by atoms with Gasteiger partial charge >= 0.3 is 6.09 Å². The van der Waals surface area contributed by atoms with Crippen molar-refractivity contribution in [1.82, 2.24) is 9.88 Å². The third kappa shape index (κ3) is 6.50. The molecule has 6 heteroatoms. The molecular formula is C34H37N3O3. The topological polar surface area (TPSA) is 62.7 Å². The number of anilines is 1. The van der Waals surface area contributed by atoms with Crippen molar-refractivity contribution >= 4 is 28.5 Å². The first-order valence-corrected chi connectivity index (χ1v) is 14.0. The van der Waals surface area contributed by atoms with Gasteiger partial charge in [-0.25, -0.2) is 4.79 Å². The summed E-state index contributed by atoms with van der Waals surface area (Å²) in [6.45, 7) is 9.32. The molecule has 1 aromatic heterocycles. The Labute approximate surface area is 236 Å². The van der Waals surface area contributed by atoms with Crippen LogP contribution in [0.2, 0.25) is 0 Å². The van der Waals surface area contributed by atoms with Crippen LogP contribution in [-0.2, 0) is 11.3 Å². The van der Waals surface area contributed by atoms with E-state index in [0.29, 0.717) is 36.8 Å². The molecule has 0 unspecified atom stereocenters. The van der Waals surface area contributed by atoms with Crippen molar-refractivity contribution in [3.63, 3.8) is 0 Å². The lowest BCUT2D eigenvalue weighted by Crippen LogP contribution is -2.38. The lowest BCUT2D eigenvalue weighted by molar-refractivity contribution is 0.0576. The van der Waals surface area contributed by atoms with Gasteiger partial charge in [0.2, 0.25) is 0 Å². The second-order valence-corrected chi connectivity index (χ2v) is 11.7. The van der Waals surface area contributed by atoms with Gasteiger partial charge in [-0.2, -0.15) is 0 Å². The fourth-order valence-electron chi connectivity index (χ4n) is 5.31. The minimum atomic E-state index is -0.665. The Balaban J connectivity index is 1.36. The number of benzene rings is 3. The van der Waals surface area contributed by atoms with Gasteiger partial charge in [0.05, 0.1) is 24.0 Å². The van der Waals surface area contributed by atoms with Crippen molar-refractivity contribution in [2.45, 2.75) is 58.6 Å². The predicted octanol–water partition coefficient (Wildman–Crippen LogP) is 7.50. The summed E-state index contributed by atoms with van der Waals surface area (Å²) in [5.41, 5.74) is 3.90. The highest BCUT2D eigenvalue weighted by Gasteiger charge is 2.27. The standard InChI is InChI=1S/C34H37N3O3/c1-24-8-7-11-28(18-24)27-14-16-36(17-15-27)32(38)30-20-31(22-35-21-30)37(33(39)40-34(2,3)4)23-25-12-13-26-9-5-6-10-29(26)19-25/h5-13,18-22,27H,14-17,23H2,1-4H3.